The number of aliphatic hydroxyl groups excluding tert-OH is 1. The quantitative estimate of drug-likeness (QED) is 0.303. The van der Waals surface area contributed by atoms with Crippen LogP contribution in [0.25, 0.3) is 11.0 Å². The molecule has 1 aromatic heterocycles. The predicted molar refractivity (Wildman–Crippen MR) is 104 cm³/mol. The van der Waals surface area contributed by atoms with Crippen molar-refractivity contribution in [2.24, 2.45) is 10.2 Å². The van der Waals surface area contributed by atoms with Gasteiger partial charge in [-0.2, -0.15) is 5.11 Å². The van der Waals surface area contributed by atoms with E-state index in [9.17, 15) is 14.7 Å². The molecule has 27 heavy (non-hydrogen) atoms. The number of rotatable bonds is 4. The number of aromatic amines is 2. The van der Waals surface area contributed by atoms with Crippen LogP contribution in [0.4, 0.5) is 11.4 Å². The minimum atomic E-state index is -0.625. The van der Waals surface area contributed by atoms with Crippen molar-refractivity contribution in [1.29, 1.82) is 0 Å². The first kappa shape index (κ1) is 18.4. The Morgan fingerprint density at radius 2 is 1.89 bits per heavy atom. The van der Waals surface area contributed by atoms with Gasteiger partial charge in [-0.25, -0.2) is 4.79 Å². The summed E-state index contributed by atoms with van der Waals surface area (Å²) in [4.78, 5) is 29.0. The van der Waals surface area contributed by atoms with Crippen LogP contribution in [0.3, 0.4) is 0 Å². The molecular weight excluding hydrogens is 370 g/mol. The second kappa shape index (κ2) is 7.46. The highest BCUT2D eigenvalue weighted by molar-refractivity contribution is 6.31. The number of H-pyrrole nitrogens is 2. The first-order valence-electron chi connectivity index (χ1n) is 7.94. The van der Waals surface area contributed by atoms with Crippen molar-refractivity contribution in [3.8, 4) is 0 Å². The van der Waals surface area contributed by atoms with E-state index in [1.54, 1.807) is 36.4 Å². The molecule has 2 aromatic carbocycles. The molecule has 0 fully saturated rings. The van der Waals surface area contributed by atoms with Gasteiger partial charge in [0, 0.05) is 10.7 Å². The van der Waals surface area contributed by atoms with Crippen molar-refractivity contribution in [2.45, 2.75) is 13.8 Å². The molecule has 0 unspecified atom stereocenters. The maximum atomic E-state index is 12.5. The fourth-order valence-electron chi connectivity index (χ4n) is 2.38. The molecule has 0 bridgehead atoms. The van der Waals surface area contributed by atoms with Crippen molar-refractivity contribution in [3.63, 3.8) is 0 Å². The number of aromatic nitrogens is 2. The highest BCUT2D eigenvalue weighted by Crippen LogP contribution is 2.23. The second-order valence-corrected chi connectivity index (χ2v) is 6.29. The summed E-state index contributed by atoms with van der Waals surface area (Å²) in [5.74, 6) is -0.910. The molecule has 3 aromatic rings. The number of anilines is 1. The standard InChI is InChI=1S/C18H16ClN5O3/c1-9-3-4-11(19)7-14(9)20-17(26)16(10(2)25)24-23-12-5-6-13-15(8-12)22-18(27)21-13/h3-8,25H,1-2H3,(H,20,26)(H2,21,22,27)/b16-10+,24-23?. The lowest BCUT2D eigenvalue weighted by atomic mass is 10.2. The molecule has 8 nitrogen and oxygen atoms in total. The Labute approximate surface area is 158 Å². The maximum Gasteiger partial charge on any atom is 0.323 e. The van der Waals surface area contributed by atoms with E-state index < -0.39 is 5.91 Å². The molecule has 0 aliphatic heterocycles. The molecule has 0 saturated carbocycles. The number of carbonyl (C=O) groups is 1. The van der Waals surface area contributed by atoms with E-state index in [1.807, 2.05) is 6.92 Å². The molecule has 4 N–H and O–H groups in total. The van der Waals surface area contributed by atoms with Crippen LogP contribution in [-0.2, 0) is 4.79 Å². The maximum absolute atomic E-state index is 12.5. The summed E-state index contributed by atoms with van der Waals surface area (Å²) >= 11 is 5.95. The molecule has 0 aliphatic carbocycles. The van der Waals surface area contributed by atoms with E-state index in [1.165, 1.54) is 6.92 Å². The zero-order valence-electron chi connectivity index (χ0n) is 14.5. The summed E-state index contributed by atoms with van der Waals surface area (Å²) in [5.41, 5.74) is 2.33. The highest BCUT2D eigenvalue weighted by Gasteiger charge is 2.14. The average molecular weight is 386 g/mol. The van der Waals surface area contributed by atoms with Crippen LogP contribution in [0.5, 0.6) is 0 Å². The number of halogens is 1. The Morgan fingerprint density at radius 1 is 1.15 bits per heavy atom. The third kappa shape index (κ3) is 4.24. The number of hydrogen-bond donors (Lipinski definition) is 4. The van der Waals surface area contributed by atoms with Gasteiger partial charge in [-0.3, -0.25) is 4.79 Å². The van der Waals surface area contributed by atoms with E-state index in [0.717, 1.165) is 5.56 Å². The summed E-state index contributed by atoms with van der Waals surface area (Å²) in [6, 6.07) is 9.96. The largest absolute Gasteiger partial charge is 0.510 e. The Balaban J connectivity index is 1.85. The van der Waals surface area contributed by atoms with E-state index >= 15 is 0 Å². The Morgan fingerprint density at radius 3 is 2.63 bits per heavy atom. The van der Waals surface area contributed by atoms with E-state index in [0.29, 0.717) is 27.4 Å². The Hall–Kier alpha value is -3.39. The van der Waals surface area contributed by atoms with Gasteiger partial charge in [0.25, 0.3) is 5.91 Å². The topological polar surface area (TPSA) is 123 Å². The number of amides is 1. The molecule has 1 amide bonds. The van der Waals surface area contributed by atoms with Crippen LogP contribution in [0.15, 0.2) is 62.9 Å². The summed E-state index contributed by atoms with van der Waals surface area (Å²) in [5, 5.41) is 20.8. The molecule has 0 saturated heterocycles. The second-order valence-electron chi connectivity index (χ2n) is 5.86. The van der Waals surface area contributed by atoms with Crippen LogP contribution in [0.1, 0.15) is 12.5 Å². The molecule has 3 rings (SSSR count). The SMILES string of the molecule is C/C(O)=C(\N=Nc1ccc2[nH]c(=O)[nH]c2c1)C(=O)Nc1cc(Cl)ccc1C. The van der Waals surface area contributed by atoms with Crippen molar-refractivity contribution in [1.82, 2.24) is 9.97 Å². The zero-order chi connectivity index (χ0) is 19.6. The van der Waals surface area contributed by atoms with Gasteiger partial charge in [-0.1, -0.05) is 17.7 Å². The number of aliphatic hydroxyl groups is 1. The number of nitrogens with zero attached hydrogens (tertiary/aromatic N) is 2. The number of fused-ring (bicyclic) bond motifs is 1. The third-order valence-corrected chi connectivity index (χ3v) is 4.01. The Bertz CT molecular complexity index is 1140. The molecule has 0 atom stereocenters. The van der Waals surface area contributed by atoms with Crippen LogP contribution >= 0.6 is 11.6 Å². The number of allylic oxidation sites excluding steroid dienone is 1. The fraction of sp³-hybridized carbons (Fsp3) is 0.111. The number of hydrogen-bond acceptors (Lipinski definition) is 5. The lowest BCUT2D eigenvalue weighted by Gasteiger charge is -2.09. The van der Waals surface area contributed by atoms with Gasteiger partial charge >= 0.3 is 5.69 Å². The Kier molecular flexibility index (Phi) is 5.09. The minimum absolute atomic E-state index is 0.239. The van der Waals surface area contributed by atoms with Crippen molar-refractivity contribution < 1.29 is 9.90 Å². The molecule has 9 heteroatoms. The first-order valence-corrected chi connectivity index (χ1v) is 8.32. The van der Waals surface area contributed by atoms with E-state index in [2.05, 4.69) is 25.5 Å². The molecule has 0 spiro atoms. The summed E-state index contributed by atoms with van der Waals surface area (Å²) < 4.78 is 0. The number of benzene rings is 2. The predicted octanol–water partition coefficient (Wildman–Crippen LogP) is 4.33. The lowest BCUT2D eigenvalue weighted by molar-refractivity contribution is -0.113. The zero-order valence-corrected chi connectivity index (χ0v) is 15.3. The van der Waals surface area contributed by atoms with Crippen LogP contribution in [0.2, 0.25) is 5.02 Å². The number of imidazole rings is 1. The first-order chi connectivity index (χ1) is 12.8. The lowest BCUT2D eigenvalue weighted by Crippen LogP contribution is -2.15. The number of azo groups is 1. The van der Waals surface area contributed by atoms with Gasteiger partial charge in [0.2, 0.25) is 0 Å². The van der Waals surface area contributed by atoms with Crippen molar-refractivity contribution in [3.05, 3.63) is 68.9 Å². The van der Waals surface area contributed by atoms with Gasteiger partial charge < -0.3 is 20.4 Å². The van der Waals surface area contributed by atoms with Gasteiger partial charge in [0.05, 0.1) is 16.7 Å². The summed E-state index contributed by atoms with van der Waals surface area (Å²) in [6.45, 7) is 3.15. The van der Waals surface area contributed by atoms with Gasteiger partial charge in [0.15, 0.2) is 5.70 Å². The molecule has 0 aliphatic rings. The molecular formula is C18H16ClN5O3. The van der Waals surface area contributed by atoms with Crippen LogP contribution in [-0.4, -0.2) is 21.0 Å². The highest BCUT2D eigenvalue weighted by atomic mass is 35.5. The monoisotopic (exact) mass is 385 g/mol. The summed E-state index contributed by atoms with van der Waals surface area (Å²) in [7, 11) is 0. The van der Waals surface area contributed by atoms with Crippen molar-refractivity contribution in [2.75, 3.05) is 5.32 Å². The van der Waals surface area contributed by atoms with Gasteiger partial charge in [0.1, 0.15) is 5.76 Å². The van der Waals surface area contributed by atoms with E-state index in [-0.39, 0.29) is 17.1 Å². The fourth-order valence-corrected chi connectivity index (χ4v) is 2.56. The van der Waals surface area contributed by atoms with E-state index in [4.69, 9.17) is 11.6 Å². The smallest absolute Gasteiger partial charge is 0.323 e. The summed E-state index contributed by atoms with van der Waals surface area (Å²) in [6.07, 6.45) is 0. The molecule has 1 heterocycles. The average Bonchev–Trinajstić information content (AvgIpc) is 2.97. The van der Waals surface area contributed by atoms with Gasteiger partial charge in [-0.05, 0) is 49.7 Å². The molecule has 0 radical (unpaired) electrons. The number of carbonyl (C=O) groups excluding carboxylic acids is 1. The number of aryl methyl sites for hydroxylation is 1. The normalized spacial score (nSPS) is 12.4. The number of nitrogens with one attached hydrogen (secondary N) is 3. The third-order valence-electron chi connectivity index (χ3n) is 3.77. The van der Waals surface area contributed by atoms with Crippen LogP contribution < -0.4 is 11.0 Å². The molecule has 138 valence electrons. The minimum Gasteiger partial charge on any atom is -0.510 e. The van der Waals surface area contributed by atoms with Gasteiger partial charge in [-0.15, -0.1) is 5.11 Å². The van der Waals surface area contributed by atoms with Crippen molar-refractivity contribution >= 4 is 39.9 Å². The van der Waals surface area contributed by atoms with Crippen LogP contribution in [0, 0.1) is 6.92 Å².